The van der Waals surface area contributed by atoms with Crippen LogP contribution in [0.5, 0.6) is 0 Å². The summed E-state index contributed by atoms with van der Waals surface area (Å²) in [6.07, 6.45) is 4.99. The smallest absolute Gasteiger partial charge is 0.309 e. The van der Waals surface area contributed by atoms with E-state index in [1.54, 1.807) is 11.3 Å². The van der Waals surface area contributed by atoms with Gasteiger partial charge in [-0.05, 0) is 43.2 Å². The lowest BCUT2D eigenvalue weighted by Gasteiger charge is -2.20. The average Bonchev–Trinajstić information content (AvgIpc) is 2.83. The second kappa shape index (κ2) is 5.30. The Hall–Kier alpha value is -1.09. The fourth-order valence-corrected chi connectivity index (χ4v) is 2.81. The molecule has 2 rings (SSSR count). The molecule has 0 saturated carbocycles. The second-order valence-corrected chi connectivity index (χ2v) is 4.88. The third kappa shape index (κ3) is 2.53. The number of allylic oxidation sites excluding steroid dienone is 2. The third-order valence-electron chi connectivity index (χ3n) is 2.83. The lowest BCUT2D eigenvalue weighted by atomic mass is 9.88. The van der Waals surface area contributed by atoms with Crippen LogP contribution in [0.25, 0.3) is 5.57 Å². The summed E-state index contributed by atoms with van der Waals surface area (Å²) in [7, 11) is 0. The van der Waals surface area contributed by atoms with Crippen LogP contribution in [0.15, 0.2) is 23.6 Å². The van der Waals surface area contributed by atoms with Crippen LogP contribution in [0, 0.1) is 5.92 Å². The zero-order valence-corrected chi connectivity index (χ0v) is 10.3. The van der Waals surface area contributed by atoms with E-state index in [0.717, 1.165) is 19.3 Å². The molecule has 2 nitrogen and oxygen atoms in total. The van der Waals surface area contributed by atoms with Crippen molar-refractivity contribution in [2.24, 2.45) is 5.92 Å². The van der Waals surface area contributed by atoms with E-state index in [9.17, 15) is 4.79 Å². The maximum Gasteiger partial charge on any atom is 0.309 e. The van der Waals surface area contributed by atoms with Gasteiger partial charge in [0.1, 0.15) is 0 Å². The number of rotatable bonds is 3. The van der Waals surface area contributed by atoms with Crippen molar-refractivity contribution in [3.8, 4) is 0 Å². The van der Waals surface area contributed by atoms with Crippen molar-refractivity contribution in [3.63, 3.8) is 0 Å². The Morgan fingerprint density at radius 3 is 3.19 bits per heavy atom. The Kier molecular flexibility index (Phi) is 3.78. The minimum Gasteiger partial charge on any atom is -0.466 e. The van der Waals surface area contributed by atoms with Crippen molar-refractivity contribution < 1.29 is 9.53 Å². The van der Waals surface area contributed by atoms with Crippen molar-refractivity contribution in [2.45, 2.75) is 26.2 Å². The van der Waals surface area contributed by atoms with Gasteiger partial charge in [0.15, 0.2) is 0 Å². The lowest BCUT2D eigenvalue weighted by Crippen LogP contribution is -2.20. The number of ether oxygens (including phenoxy) is 1. The first-order valence-electron chi connectivity index (χ1n) is 5.70. The molecule has 0 fully saturated rings. The molecule has 0 saturated heterocycles. The molecule has 1 heterocycles. The van der Waals surface area contributed by atoms with Crippen molar-refractivity contribution in [1.29, 1.82) is 0 Å². The van der Waals surface area contributed by atoms with Crippen LogP contribution in [0.2, 0.25) is 0 Å². The van der Waals surface area contributed by atoms with Gasteiger partial charge in [0.2, 0.25) is 0 Å². The van der Waals surface area contributed by atoms with Gasteiger partial charge in [-0.1, -0.05) is 12.1 Å². The Morgan fingerprint density at radius 1 is 1.62 bits per heavy atom. The van der Waals surface area contributed by atoms with E-state index in [1.165, 1.54) is 10.5 Å². The summed E-state index contributed by atoms with van der Waals surface area (Å²) < 4.78 is 5.08. The zero-order valence-electron chi connectivity index (χ0n) is 9.44. The molecule has 0 N–H and O–H groups in total. The highest BCUT2D eigenvalue weighted by Gasteiger charge is 2.24. The van der Waals surface area contributed by atoms with Gasteiger partial charge in [-0.3, -0.25) is 4.79 Å². The van der Waals surface area contributed by atoms with E-state index < -0.39 is 0 Å². The summed E-state index contributed by atoms with van der Waals surface area (Å²) in [6.45, 7) is 2.34. The highest BCUT2D eigenvalue weighted by molar-refractivity contribution is 7.11. The Bertz CT molecular complexity index is 379. The predicted molar refractivity (Wildman–Crippen MR) is 66.3 cm³/mol. The zero-order chi connectivity index (χ0) is 11.4. The summed E-state index contributed by atoms with van der Waals surface area (Å²) >= 11 is 1.74. The Labute approximate surface area is 99.9 Å². The summed E-state index contributed by atoms with van der Waals surface area (Å²) in [5.41, 5.74) is 1.30. The van der Waals surface area contributed by atoms with Gasteiger partial charge in [-0.2, -0.15) is 0 Å². The van der Waals surface area contributed by atoms with Crippen LogP contribution in [-0.4, -0.2) is 12.6 Å². The summed E-state index contributed by atoms with van der Waals surface area (Å²) in [6, 6.07) is 4.17. The van der Waals surface area contributed by atoms with Crippen LogP contribution in [-0.2, 0) is 9.53 Å². The van der Waals surface area contributed by atoms with Crippen LogP contribution in [0.1, 0.15) is 31.1 Å². The van der Waals surface area contributed by atoms with Crippen molar-refractivity contribution >= 4 is 22.9 Å². The summed E-state index contributed by atoms with van der Waals surface area (Å²) in [4.78, 5) is 13.0. The molecule has 16 heavy (non-hydrogen) atoms. The van der Waals surface area contributed by atoms with Gasteiger partial charge >= 0.3 is 5.97 Å². The molecule has 1 aliphatic carbocycles. The average molecular weight is 236 g/mol. The SMILES string of the molecule is CCOC(=O)C1CCC=C(c2cccs2)C1. The molecule has 0 spiro atoms. The van der Waals surface area contributed by atoms with E-state index in [0.29, 0.717) is 6.61 Å². The van der Waals surface area contributed by atoms with Crippen LogP contribution in [0.3, 0.4) is 0 Å². The fraction of sp³-hybridized carbons (Fsp3) is 0.462. The van der Waals surface area contributed by atoms with Gasteiger partial charge in [-0.25, -0.2) is 0 Å². The number of carbonyl (C=O) groups is 1. The highest BCUT2D eigenvalue weighted by Crippen LogP contribution is 2.33. The largest absolute Gasteiger partial charge is 0.466 e. The second-order valence-electron chi connectivity index (χ2n) is 3.94. The lowest BCUT2D eigenvalue weighted by molar-refractivity contribution is -0.148. The van der Waals surface area contributed by atoms with Crippen LogP contribution < -0.4 is 0 Å². The van der Waals surface area contributed by atoms with Crippen molar-refractivity contribution in [2.75, 3.05) is 6.61 Å². The number of hydrogen-bond donors (Lipinski definition) is 0. The molecule has 0 amide bonds. The van der Waals surface area contributed by atoms with Gasteiger partial charge < -0.3 is 4.74 Å². The van der Waals surface area contributed by atoms with Gasteiger partial charge in [0.05, 0.1) is 12.5 Å². The Morgan fingerprint density at radius 2 is 2.50 bits per heavy atom. The van der Waals surface area contributed by atoms with Crippen LogP contribution >= 0.6 is 11.3 Å². The molecule has 0 aromatic carbocycles. The molecule has 1 aromatic rings. The standard InChI is InChI=1S/C13H16O2S/c1-2-15-13(14)11-6-3-5-10(9-11)12-7-4-8-16-12/h4-5,7-8,11H,2-3,6,9H2,1H3. The molecule has 1 atom stereocenters. The molecule has 0 bridgehead atoms. The normalized spacial score (nSPS) is 20.3. The van der Waals surface area contributed by atoms with E-state index in [4.69, 9.17) is 4.74 Å². The molecule has 1 aromatic heterocycles. The minimum absolute atomic E-state index is 0.0374. The molecule has 3 heteroatoms. The van der Waals surface area contributed by atoms with Gasteiger partial charge in [-0.15, -0.1) is 11.3 Å². The first-order valence-corrected chi connectivity index (χ1v) is 6.58. The first-order chi connectivity index (χ1) is 7.81. The van der Waals surface area contributed by atoms with Crippen molar-refractivity contribution in [1.82, 2.24) is 0 Å². The molecular weight excluding hydrogens is 220 g/mol. The number of hydrogen-bond acceptors (Lipinski definition) is 3. The molecule has 0 aliphatic heterocycles. The number of thiophene rings is 1. The number of esters is 1. The molecule has 1 aliphatic rings. The topological polar surface area (TPSA) is 26.3 Å². The monoisotopic (exact) mass is 236 g/mol. The maximum atomic E-state index is 11.7. The fourth-order valence-electron chi connectivity index (χ4n) is 2.03. The van der Waals surface area contributed by atoms with Crippen molar-refractivity contribution in [3.05, 3.63) is 28.5 Å². The molecule has 0 radical (unpaired) electrons. The summed E-state index contributed by atoms with van der Waals surface area (Å²) in [5, 5.41) is 2.07. The highest BCUT2D eigenvalue weighted by atomic mass is 32.1. The Balaban J connectivity index is 2.03. The number of carbonyl (C=O) groups excluding carboxylic acids is 1. The molecule has 1 unspecified atom stereocenters. The van der Waals surface area contributed by atoms with E-state index in [-0.39, 0.29) is 11.9 Å². The van der Waals surface area contributed by atoms with E-state index in [1.807, 2.05) is 6.92 Å². The van der Waals surface area contributed by atoms with Gasteiger partial charge in [0, 0.05) is 4.88 Å². The van der Waals surface area contributed by atoms with Gasteiger partial charge in [0.25, 0.3) is 0 Å². The van der Waals surface area contributed by atoms with E-state index in [2.05, 4.69) is 23.6 Å². The quantitative estimate of drug-likeness (QED) is 0.751. The minimum atomic E-state index is -0.0374. The summed E-state index contributed by atoms with van der Waals surface area (Å²) in [5.74, 6) is 0.0201. The third-order valence-corrected chi connectivity index (χ3v) is 3.78. The predicted octanol–water partition coefficient (Wildman–Crippen LogP) is 3.49. The van der Waals surface area contributed by atoms with Crippen LogP contribution in [0.4, 0.5) is 0 Å². The van der Waals surface area contributed by atoms with E-state index >= 15 is 0 Å². The maximum absolute atomic E-state index is 11.7. The first kappa shape index (κ1) is 11.4. The molecule has 86 valence electrons. The molecular formula is C13H16O2S.